The summed E-state index contributed by atoms with van der Waals surface area (Å²) in [6.07, 6.45) is 3.98. The molecule has 8 nitrogen and oxygen atoms in total. The molecule has 144 valence electrons. The SMILES string of the molecule is COCCNC(=O)c1ccc(/C=C/C(=O)C2C(=O)C=C(C)N(C)C2=O)n1C. The van der Waals surface area contributed by atoms with Gasteiger partial charge >= 0.3 is 0 Å². The summed E-state index contributed by atoms with van der Waals surface area (Å²) >= 11 is 0. The predicted molar refractivity (Wildman–Crippen MR) is 98.7 cm³/mol. The average molecular weight is 373 g/mol. The number of nitrogens with one attached hydrogen (secondary N) is 1. The molecule has 0 bridgehead atoms. The number of amides is 2. The number of hydrogen-bond donors (Lipinski definition) is 1. The second-order valence-electron chi connectivity index (χ2n) is 6.21. The Hall–Kier alpha value is -3.00. The van der Waals surface area contributed by atoms with Crippen LogP contribution in [0.4, 0.5) is 0 Å². The van der Waals surface area contributed by atoms with E-state index in [2.05, 4.69) is 5.32 Å². The summed E-state index contributed by atoms with van der Waals surface area (Å²) in [7, 11) is 4.76. The Labute approximate surface area is 157 Å². The number of hydrogen-bond acceptors (Lipinski definition) is 5. The minimum atomic E-state index is -1.35. The Morgan fingerprint density at radius 3 is 2.63 bits per heavy atom. The third-order valence-electron chi connectivity index (χ3n) is 4.43. The van der Waals surface area contributed by atoms with E-state index < -0.39 is 23.4 Å². The molecule has 0 radical (unpaired) electrons. The summed E-state index contributed by atoms with van der Waals surface area (Å²) in [4.78, 5) is 50.1. The molecule has 1 unspecified atom stereocenters. The fourth-order valence-corrected chi connectivity index (χ4v) is 2.68. The molecule has 0 spiro atoms. The summed E-state index contributed by atoms with van der Waals surface area (Å²) in [5.74, 6) is -3.27. The molecular formula is C19H23N3O5. The number of nitrogens with zero attached hydrogens (tertiary/aromatic N) is 2. The van der Waals surface area contributed by atoms with Gasteiger partial charge in [-0.2, -0.15) is 0 Å². The maximum absolute atomic E-state index is 12.4. The zero-order chi connectivity index (χ0) is 20.1. The van der Waals surface area contributed by atoms with Crippen molar-refractivity contribution in [2.45, 2.75) is 6.92 Å². The van der Waals surface area contributed by atoms with Crippen molar-refractivity contribution in [3.63, 3.8) is 0 Å². The van der Waals surface area contributed by atoms with Gasteiger partial charge in [0, 0.05) is 45.2 Å². The number of rotatable bonds is 7. The van der Waals surface area contributed by atoms with Crippen molar-refractivity contribution in [1.29, 1.82) is 0 Å². The lowest BCUT2D eigenvalue weighted by Gasteiger charge is -2.25. The van der Waals surface area contributed by atoms with E-state index in [1.165, 1.54) is 30.2 Å². The second-order valence-corrected chi connectivity index (χ2v) is 6.21. The molecule has 1 aliphatic heterocycles. The third kappa shape index (κ3) is 4.40. The number of carbonyl (C=O) groups excluding carboxylic acids is 4. The van der Waals surface area contributed by atoms with Gasteiger partial charge in [0.05, 0.1) is 6.61 Å². The molecule has 1 aromatic rings. The van der Waals surface area contributed by atoms with Gasteiger partial charge in [0.1, 0.15) is 5.69 Å². The van der Waals surface area contributed by atoms with Crippen LogP contribution in [0.25, 0.3) is 6.08 Å². The highest BCUT2D eigenvalue weighted by atomic mass is 16.5. The molecule has 1 aliphatic rings. The number of aromatic nitrogens is 1. The van der Waals surface area contributed by atoms with Gasteiger partial charge in [-0.3, -0.25) is 19.2 Å². The van der Waals surface area contributed by atoms with Crippen LogP contribution in [-0.2, 0) is 26.2 Å². The largest absolute Gasteiger partial charge is 0.383 e. The Morgan fingerprint density at radius 2 is 1.96 bits per heavy atom. The van der Waals surface area contributed by atoms with Crippen LogP contribution in [0.15, 0.2) is 30.0 Å². The molecule has 2 heterocycles. The van der Waals surface area contributed by atoms with Gasteiger partial charge < -0.3 is 19.5 Å². The van der Waals surface area contributed by atoms with Crippen LogP contribution < -0.4 is 5.32 Å². The predicted octanol–water partition coefficient (Wildman–Crippen LogP) is 0.545. The van der Waals surface area contributed by atoms with Crippen molar-refractivity contribution >= 4 is 29.5 Å². The van der Waals surface area contributed by atoms with Crippen LogP contribution in [0.3, 0.4) is 0 Å². The highest BCUT2D eigenvalue weighted by Gasteiger charge is 2.37. The van der Waals surface area contributed by atoms with Gasteiger partial charge in [0.2, 0.25) is 5.91 Å². The maximum atomic E-state index is 12.4. The van der Waals surface area contributed by atoms with E-state index in [4.69, 9.17) is 4.74 Å². The molecular weight excluding hydrogens is 350 g/mol. The van der Waals surface area contributed by atoms with Crippen molar-refractivity contribution in [1.82, 2.24) is 14.8 Å². The van der Waals surface area contributed by atoms with E-state index in [0.29, 0.717) is 30.2 Å². The van der Waals surface area contributed by atoms with Crippen LogP contribution >= 0.6 is 0 Å². The lowest BCUT2D eigenvalue weighted by atomic mass is 9.93. The lowest BCUT2D eigenvalue weighted by molar-refractivity contribution is -0.142. The van der Waals surface area contributed by atoms with Gasteiger partial charge in [0.15, 0.2) is 17.5 Å². The summed E-state index contributed by atoms with van der Waals surface area (Å²) in [5.41, 5.74) is 1.52. The van der Waals surface area contributed by atoms with Gasteiger partial charge in [-0.05, 0) is 31.2 Å². The summed E-state index contributed by atoms with van der Waals surface area (Å²) in [6, 6.07) is 3.30. The van der Waals surface area contributed by atoms with Crippen LogP contribution in [0.5, 0.6) is 0 Å². The number of carbonyl (C=O) groups is 4. The first-order valence-electron chi connectivity index (χ1n) is 8.42. The standard InChI is InChI=1S/C19H23N3O5/c1-12-11-16(24)17(19(26)21(12)2)15(23)8-6-13-5-7-14(22(13)3)18(25)20-9-10-27-4/h5-8,11,17H,9-10H2,1-4H3,(H,20,25)/b8-6+. The normalized spacial score (nSPS) is 17.4. The van der Waals surface area contributed by atoms with Crippen molar-refractivity contribution in [2.24, 2.45) is 13.0 Å². The molecule has 1 N–H and O–H groups in total. The molecule has 1 aromatic heterocycles. The number of ether oxygens (including phenoxy) is 1. The zero-order valence-electron chi connectivity index (χ0n) is 15.8. The van der Waals surface area contributed by atoms with E-state index in [9.17, 15) is 19.2 Å². The van der Waals surface area contributed by atoms with Gasteiger partial charge in [-0.1, -0.05) is 0 Å². The first-order chi connectivity index (χ1) is 12.8. The summed E-state index contributed by atoms with van der Waals surface area (Å²) < 4.78 is 6.50. The molecule has 2 rings (SSSR count). The lowest BCUT2D eigenvalue weighted by Crippen LogP contribution is -2.43. The fraction of sp³-hybridized carbons (Fsp3) is 0.368. The van der Waals surface area contributed by atoms with E-state index in [-0.39, 0.29) is 5.91 Å². The van der Waals surface area contributed by atoms with Crippen LogP contribution in [0.2, 0.25) is 0 Å². The van der Waals surface area contributed by atoms with Gasteiger partial charge in [-0.15, -0.1) is 0 Å². The Bertz CT molecular complexity index is 834. The summed E-state index contributed by atoms with van der Waals surface area (Å²) in [6.45, 7) is 2.43. The molecule has 1 atom stereocenters. The quantitative estimate of drug-likeness (QED) is 0.427. The smallest absolute Gasteiger partial charge is 0.267 e. The molecule has 8 heteroatoms. The van der Waals surface area contributed by atoms with Crippen LogP contribution in [0, 0.1) is 5.92 Å². The van der Waals surface area contributed by atoms with Crippen molar-refractivity contribution < 1.29 is 23.9 Å². The molecule has 0 fully saturated rings. The summed E-state index contributed by atoms with van der Waals surface area (Å²) in [5, 5.41) is 2.71. The number of methoxy groups -OCH3 is 1. The minimum Gasteiger partial charge on any atom is -0.383 e. The first-order valence-corrected chi connectivity index (χ1v) is 8.42. The molecule has 0 aromatic carbocycles. The molecule has 0 aliphatic carbocycles. The van der Waals surface area contributed by atoms with E-state index >= 15 is 0 Å². The van der Waals surface area contributed by atoms with E-state index in [0.717, 1.165) is 0 Å². The average Bonchev–Trinajstić information content (AvgIpc) is 2.99. The second kappa shape index (κ2) is 8.59. The number of ketones is 2. The van der Waals surface area contributed by atoms with Crippen molar-refractivity contribution in [2.75, 3.05) is 27.3 Å². The minimum absolute atomic E-state index is 0.264. The Morgan fingerprint density at radius 1 is 1.26 bits per heavy atom. The Kier molecular flexibility index (Phi) is 6.46. The third-order valence-corrected chi connectivity index (χ3v) is 4.43. The molecule has 27 heavy (non-hydrogen) atoms. The van der Waals surface area contributed by atoms with E-state index in [1.54, 1.807) is 37.8 Å². The number of allylic oxidation sites excluding steroid dienone is 3. The topological polar surface area (TPSA) is 97.7 Å². The Balaban J connectivity index is 2.12. The highest BCUT2D eigenvalue weighted by molar-refractivity contribution is 6.26. The highest BCUT2D eigenvalue weighted by Crippen LogP contribution is 2.19. The fourth-order valence-electron chi connectivity index (χ4n) is 2.68. The maximum Gasteiger partial charge on any atom is 0.267 e. The van der Waals surface area contributed by atoms with Crippen LogP contribution in [-0.4, -0.2) is 60.2 Å². The molecule has 0 saturated carbocycles. The van der Waals surface area contributed by atoms with Crippen molar-refractivity contribution in [3.8, 4) is 0 Å². The zero-order valence-corrected chi connectivity index (χ0v) is 15.8. The van der Waals surface area contributed by atoms with Gasteiger partial charge in [-0.25, -0.2) is 0 Å². The van der Waals surface area contributed by atoms with Gasteiger partial charge in [0.25, 0.3) is 5.91 Å². The molecule has 0 saturated heterocycles. The van der Waals surface area contributed by atoms with Crippen LogP contribution in [0.1, 0.15) is 23.1 Å². The van der Waals surface area contributed by atoms with E-state index in [1.807, 2.05) is 0 Å². The van der Waals surface area contributed by atoms with Crippen molar-refractivity contribution in [3.05, 3.63) is 41.4 Å². The molecule has 2 amide bonds. The monoisotopic (exact) mass is 373 g/mol. The first kappa shape index (κ1) is 20.3.